The predicted octanol–water partition coefficient (Wildman–Crippen LogP) is 3.47. The zero-order valence-corrected chi connectivity index (χ0v) is 15.9. The molecule has 2 aromatic rings. The van der Waals surface area contributed by atoms with Gasteiger partial charge in [-0.1, -0.05) is 24.3 Å². The summed E-state index contributed by atoms with van der Waals surface area (Å²) in [6.45, 7) is 3.25. The van der Waals surface area contributed by atoms with E-state index in [4.69, 9.17) is 9.47 Å². The molecule has 2 aromatic carbocycles. The first-order valence-electron chi connectivity index (χ1n) is 9.36. The highest BCUT2D eigenvalue weighted by atomic mass is 16.5. The third-order valence-corrected chi connectivity index (χ3v) is 4.99. The van der Waals surface area contributed by atoms with Crippen LogP contribution < -0.4 is 9.47 Å². The number of nitrogens with zero attached hydrogens (tertiary/aromatic N) is 1. The van der Waals surface area contributed by atoms with Crippen molar-refractivity contribution in [2.75, 3.05) is 26.8 Å². The van der Waals surface area contributed by atoms with E-state index in [0.29, 0.717) is 23.9 Å². The number of hydrogen-bond donors (Lipinski definition) is 1. The molecule has 0 aromatic heterocycles. The zero-order valence-electron chi connectivity index (χ0n) is 15.9. The molecule has 1 N–H and O–H groups in total. The molecule has 1 fully saturated rings. The maximum absolute atomic E-state index is 11.5. The first-order chi connectivity index (χ1) is 13.1. The number of aliphatic hydroxyl groups is 1. The minimum absolute atomic E-state index is 0.000369. The largest absolute Gasteiger partial charge is 0.497 e. The Balaban J connectivity index is 1.55. The molecule has 5 heteroatoms. The number of aliphatic hydroxyl groups excluding tert-OH is 1. The average molecular weight is 369 g/mol. The van der Waals surface area contributed by atoms with Crippen LogP contribution in [0, 0.1) is 0 Å². The van der Waals surface area contributed by atoms with Crippen LogP contribution in [0.5, 0.6) is 11.5 Å². The molecule has 3 rings (SSSR count). The Morgan fingerprint density at radius 2 is 2.00 bits per heavy atom. The lowest BCUT2D eigenvalue weighted by atomic mass is 10.0. The monoisotopic (exact) mass is 369 g/mol. The molecule has 0 radical (unpaired) electrons. The van der Waals surface area contributed by atoms with E-state index >= 15 is 0 Å². The summed E-state index contributed by atoms with van der Waals surface area (Å²) in [5.74, 6) is 1.46. The molecule has 0 amide bonds. The van der Waals surface area contributed by atoms with Crippen molar-refractivity contribution in [3.05, 3.63) is 59.7 Å². The topological polar surface area (TPSA) is 59.0 Å². The molecule has 0 aliphatic carbocycles. The first-order valence-corrected chi connectivity index (χ1v) is 9.36. The Kier molecular flexibility index (Phi) is 6.48. The maximum atomic E-state index is 11.5. The third kappa shape index (κ3) is 5.08. The van der Waals surface area contributed by atoms with E-state index in [1.165, 1.54) is 12.5 Å². The highest BCUT2D eigenvalue weighted by Crippen LogP contribution is 2.32. The second-order valence-corrected chi connectivity index (χ2v) is 6.97. The second-order valence-electron chi connectivity index (χ2n) is 6.97. The summed E-state index contributed by atoms with van der Waals surface area (Å²) >= 11 is 0. The summed E-state index contributed by atoms with van der Waals surface area (Å²) in [5, 5.41) is 10.4. The van der Waals surface area contributed by atoms with Crippen LogP contribution in [0.1, 0.15) is 41.7 Å². The number of methoxy groups -OCH3 is 1. The van der Waals surface area contributed by atoms with Gasteiger partial charge in [0, 0.05) is 18.2 Å². The lowest BCUT2D eigenvalue weighted by Crippen LogP contribution is -2.35. The Morgan fingerprint density at radius 3 is 2.70 bits per heavy atom. The van der Waals surface area contributed by atoms with Crippen molar-refractivity contribution in [1.29, 1.82) is 0 Å². The van der Waals surface area contributed by atoms with Crippen molar-refractivity contribution in [3.63, 3.8) is 0 Å². The van der Waals surface area contributed by atoms with Gasteiger partial charge in [0.1, 0.15) is 24.2 Å². The summed E-state index contributed by atoms with van der Waals surface area (Å²) in [7, 11) is 1.67. The van der Waals surface area contributed by atoms with Gasteiger partial charge in [-0.15, -0.1) is 0 Å². The quantitative estimate of drug-likeness (QED) is 0.722. The highest BCUT2D eigenvalue weighted by Gasteiger charge is 2.27. The lowest BCUT2D eigenvalue weighted by molar-refractivity contribution is 0.0638. The number of ketones is 1. The number of carbonyl (C=O) groups is 1. The minimum atomic E-state index is -0.593. The Labute approximate surface area is 160 Å². The standard InChI is InChI=1S/C22H27NO4/c1-16(24)18-5-3-6-21(13-18)27-15-19(25)14-23-12-4-7-22(23)17-8-10-20(26-2)11-9-17/h3,5-6,8-11,13,19,22,25H,4,7,12,14-15H2,1-2H3. The van der Waals surface area contributed by atoms with Gasteiger partial charge in [-0.2, -0.15) is 0 Å². The van der Waals surface area contributed by atoms with Crippen LogP contribution in [0.3, 0.4) is 0 Å². The smallest absolute Gasteiger partial charge is 0.159 e. The van der Waals surface area contributed by atoms with Crippen LogP contribution in [-0.2, 0) is 0 Å². The van der Waals surface area contributed by atoms with Crippen LogP contribution in [0.2, 0.25) is 0 Å². The average Bonchev–Trinajstić information content (AvgIpc) is 3.14. The van der Waals surface area contributed by atoms with Crippen LogP contribution in [0.25, 0.3) is 0 Å². The molecule has 1 aliphatic rings. The van der Waals surface area contributed by atoms with Crippen molar-refractivity contribution in [3.8, 4) is 11.5 Å². The van der Waals surface area contributed by atoms with E-state index in [2.05, 4.69) is 17.0 Å². The Morgan fingerprint density at radius 1 is 1.22 bits per heavy atom. The third-order valence-electron chi connectivity index (χ3n) is 4.99. The van der Waals surface area contributed by atoms with Gasteiger partial charge >= 0.3 is 0 Å². The second kappa shape index (κ2) is 9.02. The predicted molar refractivity (Wildman–Crippen MR) is 104 cm³/mol. The normalized spacial score (nSPS) is 18.3. The van der Waals surface area contributed by atoms with E-state index in [1.54, 1.807) is 31.4 Å². The van der Waals surface area contributed by atoms with Crippen molar-refractivity contribution < 1.29 is 19.4 Å². The molecule has 144 valence electrons. The number of likely N-dealkylation sites (tertiary alicyclic amines) is 1. The van der Waals surface area contributed by atoms with Crippen molar-refractivity contribution in [1.82, 2.24) is 4.90 Å². The molecular weight excluding hydrogens is 342 g/mol. The van der Waals surface area contributed by atoms with Crippen LogP contribution in [0.15, 0.2) is 48.5 Å². The van der Waals surface area contributed by atoms with Crippen LogP contribution >= 0.6 is 0 Å². The summed E-state index contributed by atoms with van der Waals surface area (Å²) < 4.78 is 10.9. The maximum Gasteiger partial charge on any atom is 0.159 e. The molecule has 0 saturated carbocycles. The zero-order chi connectivity index (χ0) is 19.2. The van der Waals surface area contributed by atoms with Gasteiger partial charge in [0.05, 0.1) is 7.11 Å². The molecule has 5 nitrogen and oxygen atoms in total. The van der Waals surface area contributed by atoms with E-state index in [1.807, 2.05) is 12.1 Å². The van der Waals surface area contributed by atoms with E-state index in [0.717, 1.165) is 25.1 Å². The first kappa shape index (κ1) is 19.4. The van der Waals surface area contributed by atoms with Crippen molar-refractivity contribution in [2.45, 2.75) is 31.9 Å². The van der Waals surface area contributed by atoms with Gasteiger partial charge in [0.25, 0.3) is 0 Å². The number of β-amino-alcohol motifs (C(OH)–C–C–N with tert-alkyl or cyclic N) is 1. The molecule has 2 atom stereocenters. The van der Waals surface area contributed by atoms with Gasteiger partial charge in [0.15, 0.2) is 5.78 Å². The molecule has 2 unspecified atom stereocenters. The molecule has 1 heterocycles. The Hall–Kier alpha value is -2.37. The number of rotatable bonds is 8. The van der Waals surface area contributed by atoms with Crippen LogP contribution in [0.4, 0.5) is 0 Å². The molecule has 0 spiro atoms. The highest BCUT2D eigenvalue weighted by molar-refractivity contribution is 5.94. The molecule has 1 aliphatic heterocycles. The number of hydrogen-bond acceptors (Lipinski definition) is 5. The summed E-state index contributed by atoms with van der Waals surface area (Å²) in [5.41, 5.74) is 1.86. The minimum Gasteiger partial charge on any atom is -0.497 e. The summed E-state index contributed by atoms with van der Waals surface area (Å²) in [6, 6.07) is 15.5. The van der Waals surface area contributed by atoms with E-state index < -0.39 is 6.10 Å². The van der Waals surface area contributed by atoms with Gasteiger partial charge in [-0.25, -0.2) is 0 Å². The van der Waals surface area contributed by atoms with Crippen molar-refractivity contribution >= 4 is 5.78 Å². The molecule has 27 heavy (non-hydrogen) atoms. The summed E-state index contributed by atoms with van der Waals surface area (Å²) in [6.07, 6.45) is 1.61. The number of carbonyl (C=O) groups excluding carboxylic acids is 1. The summed E-state index contributed by atoms with van der Waals surface area (Å²) in [4.78, 5) is 13.8. The molecule has 1 saturated heterocycles. The SMILES string of the molecule is COc1ccc(C2CCCN2CC(O)COc2cccc(C(C)=O)c2)cc1. The van der Waals surface area contributed by atoms with Gasteiger partial charge in [-0.05, 0) is 56.1 Å². The van der Waals surface area contributed by atoms with E-state index in [-0.39, 0.29) is 12.4 Å². The van der Waals surface area contributed by atoms with E-state index in [9.17, 15) is 9.90 Å². The lowest BCUT2D eigenvalue weighted by Gasteiger charge is -2.27. The fourth-order valence-corrected chi connectivity index (χ4v) is 3.57. The number of benzene rings is 2. The van der Waals surface area contributed by atoms with Gasteiger partial charge in [-0.3, -0.25) is 9.69 Å². The number of ether oxygens (including phenoxy) is 2. The Bertz CT molecular complexity index is 759. The fraction of sp³-hybridized carbons (Fsp3) is 0.409. The molecule has 0 bridgehead atoms. The number of Topliss-reactive ketones (excluding diaryl/α,β-unsaturated/α-hetero) is 1. The van der Waals surface area contributed by atoms with Gasteiger partial charge in [0.2, 0.25) is 0 Å². The van der Waals surface area contributed by atoms with Gasteiger partial charge < -0.3 is 14.6 Å². The fourth-order valence-electron chi connectivity index (χ4n) is 3.57. The van der Waals surface area contributed by atoms with Crippen molar-refractivity contribution in [2.24, 2.45) is 0 Å². The van der Waals surface area contributed by atoms with Crippen LogP contribution in [-0.4, -0.2) is 48.7 Å². The molecular formula is C22H27NO4.